The summed E-state index contributed by atoms with van der Waals surface area (Å²) in [6.45, 7) is 7.07. The van der Waals surface area contributed by atoms with E-state index < -0.39 is 45.6 Å². The highest BCUT2D eigenvalue weighted by molar-refractivity contribution is 5.93. The van der Waals surface area contributed by atoms with Crippen molar-refractivity contribution in [1.82, 2.24) is 0 Å². The second kappa shape index (κ2) is 20.3. The fourth-order valence-corrected chi connectivity index (χ4v) is 22.3. The van der Waals surface area contributed by atoms with Gasteiger partial charge in [0.25, 0.3) is 0 Å². The van der Waals surface area contributed by atoms with Crippen molar-refractivity contribution in [2.75, 3.05) is 6.61 Å². The SMILES string of the molecule is C[C@H](CCCc1ccccc1)CC[C@]1(O)C=C[C@@]2(C)C[C@@H](OC(=O)C3CCCCC3)[C@H]3[C@](C)([C@@H]4CC[C@]56CC[C@@H]7C[C@]8(c9ccccc9)CCCC[C@@H]8c8ccc9cccc(c9c8[C@@H]75)[C@@H]6C4)CC[C@@H](O)[C@]31[C@@]2(O)CCC1=CC(=O)OC1. The van der Waals surface area contributed by atoms with E-state index in [1.807, 2.05) is 6.08 Å². The van der Waals surface area contributed by atoms with Gasteiger partial charge in [-0.15, -0.1) is 0 Å². The van der Waals surface area contributed by atoms with Gasteiger partial charge in [0.2, 0.25) is 0 Å². The molecule has 4 aromatic rings. The third-order valence-corrected chi connectivity index (χ3v) is 25.9. The van der Waals surface area contributed by atoms with Crippen molar-refractivity contribution in [2.24, 2.45) is 51.2 Å². The molecule has 0 saturated heterocycles. The zero-order valence-electron chi connectivity index (χ0n) is 49.0. The van der Waals surface area contributed by atoms with Crippen molar-refractivity contribution in [3.63, 3.8) is 0 Å². The van der Waals surface area contributed by atoms with E-state index in [9.17, 15) is 20.1 Å². The van der Waals surface area contributed by atoms with Crippen LogP contribution in [0.15, 0.2) is 115 Å². The number of rotatable bonds is 14. The first-order valence-corrected chi connectivity index (χ1v) is 32.7. The molecule has 1 heterocycles. The molecule has 3 N–H and O–H groups in total. The number of benzene rings is 4. The van der Waals surface area contributed by atoms with E-state index >= 15 is 4.79 Å². The number of ether oxygens (including phenoxy) is 2. The molecule has 2 bridgehead atoms. The van der Waals surface area contributed by atoms with E-state index in [2.05, 4.69) is 118 Å². The van der Waals surface area contributed by atoms with Crippen molar-refractivity contribution in [1.29, 1.82) is 0 Å². The second-order valence-corrected chi connectivity index (χ2v) is 29.5. The Balaban J connectivity index is 0.889. The number of aliphatic hydroxyl groups is 3. The lowest BCUT2D eigenvalue weighted by atomic mass is 9.31. The van der Waals surface area contributed by atoms with Gasteiger partial charge in [-0.25, -0.2) is 4.79 Å². The molecule has 16 atom stereocenters. The summed E-state index contributed by atoms with van der Waals surface area (Å²) in [6, 6.07) is 34.7. The van der Waals surface area contributed by atoms with Crippen molar-refractivity contribution >= 4 is 22.7 Å². The summed E-state index contributed by atoms with van der Waals surface area (Å²) >= 11 is 0. The van der Waals surface area contributed by atoms with Crippen LogP contribution >= 0.6 is 0 Å². The first-order valence-electron chi connectivity index (χ1n) is 32.7. The molecule has 9 aliphatic carbocycles. The molecule has 0 radical (unpaired) electrons. The van der Waals surface area contributed by atoms with Gasteiger partial charge in [-0.3, -0.25) is 4.79 Å². The molecule has 7 heteroatoms. The van der Waals surface area contributed by atoms with E-state index in [-0.39, 0.29) is 53.6 Å². The highest BCUT2D eigenvalue weighted by Crippen LogP contribution is 2.79. The quantitative estimate of drug-likeness (QED) is 0.0851. The van der Waals surface area contributed by atoms with Gasteiger partial charge < -0.3 is 24.8 Å². The predicted molar refractivity (Wildman–Crippen MR) is 319 cm³/mol. The molecule has 10 aliphatic rings. The number of hydrogen-bond donors (Lipinski definition) is 3. The summed E-state index contributed by atoms with van der Waals surface area (Å²) in [5.74, 6) is 1.14. The van der Waals surface area contributed by atoms with Gasteiger partial charge in [0.05, 0.1) is 28.6 Å². The Morgan fingerprint density at radius 2 is 1.52 bits per heavy atom. The predicted octanol–water partition coefficient (Wildman–Crippen LogP) is 15.6. The number of cyclic esters (lactones) is 1. The molecular weight excluding hydrogens is 1000 g/mol. The van der Waals surface area contributed by atoms with Crippen LogP contribution in [0.3, 0.4) is 0 Å². The van der Waals surface area contributed by atoms with Gasteiger partial charge >= 0.3 is 11.9 Å². The fourth-order valence-electron chi connectivity index (χ4n) is 22.3. The molecule has 430 valence electrons. The maximum atomic E-state index is 15.1. The van der Waals surface area contributed by atoms with Crippen LogP contribution in [0.5, 0.6) is 0 Å². The summed E-state index contributed by atoms with van der Waals surface area (Å²) in [7, 11) is 0. The molecule has 0 aromatic heterocycles. The average molecular weight is 1090 g/mol. The lowest BCUT2D eigenvalue weighted by Crippen LogP contribution is -2.83. The molecule has 0 amide bonds. The molecule has 7 nitrogen and oxygen atoms in total. The summed E-state index contributed by atoms with van der Waals surface area (Å²) in [4.78, 5) is 27.7. The number of esters is 2. The maximum Gasteiger partial charge on any atom is 0.331 e. The summed E-state index contributed by atoms with van der Waals surface area (Å²) in [5.41, 5.74) is 2.55. The van der Waals surface area contributed by atoms with Crippen LogP contribution in [-0.2, 0) is 30.9 Å². The highest BCUT2D eigenvalue weighted by Gasteiger charge is 2.82. The Morgan fingerprint density at radius 3 is 2.31 bits per heavy atom. The van der Waals surface area contributed by atoms with Crippen molar-refractivity contribution in [3.8, 4) is 0 Å². The molecule has 6 fully saturated rings. The van der Waals surface area contributed by atoms with E-state index in [0.29, 0.717) is 49.4 Å². The fraction of sp³-hybridized carbons (Fsp3) is 0.622. The first kappa shape index (κ1) is 54.4. The molecule has 81 heavy (non-hydrogen) atoms. The van der Waals surface area contributed by atoms with Gasteiger partial charge in [-0.2, -0.15) is 0 Å². The Bertz CT molecular complexity index is 3100. The maximum absolute atomic E-state index is 15.1. The number of carbonyl (C=O) groups excluding carboxylic acids is 2. The molecular formula is C74H92O7. The van der Waals surface area contributed by atoms with Crippen molar-refractivity contribution in [2.45, 2.75) is 228 Å². The zero-order chi connectivity index (χ0) is 55.6. The molecule has 6 saturated carbocycles. The van der Waals surface area contributed by atoms with Crippen LogP contribution in [0.1, 0.15) is 220 Å². The smallest absolute Gasteiger partial charge is 0.331 e. The van der Waals surface area contributed by atoms with Crippen LogP contribution in [0, 0.1) is 51.2 Å². The van der Waals surface area contributed by atoms with Crippen LogP contribution < -0.4 is 0 Å². The largest absolute Gasteiger partial charge is 0.462 e. The number of carbonyl (C=O) groups is 2. The third kappa shape index (κ3) is 8.15. The standard InChI is InChI=1S/C74H92O7/c1-48(17-15-20-49-18-7-4-8-19-49)30-39-72(78)42-41-68(2)46-60(81-67(77)52-21-9-5-10-22-52)66-69(3,36-34-61(75)74(66,72)73(68,79)40-31-50-43-62(76)80-47-50)55-33-38-70-37-32-53-45-71(54-24-11-6-12-25-54)35-14-13-27-58(71)57-29-28-51-23-16-26-56(59(70)44-55)63(51)64(57)65(53)70/h4,6-8,11-12,16,18-19,23-26,28-29,41-43,48,52-53,55,58-61,65-66,75,78-79H,5,9-10,13-15,17,20-22,27,30-40,44-47H2,1-3H3/t48-,53-,55-,58-,59+,60-,61-,65-,66+,68+,69+,70+,71+,72+,73-,74+/m1/s1. The van der Waals surface area contributed by atoms with Gasteiger partial charge in [-0.1, -0.05) is 162 Å². The van der Waals surface area contributed by atoms with Crippen LogP contribution in [0.25, 0.3) is 10.8 Å². The number of hydrogen-bond acceptors (Lipinski definition) is 7. The van der Waals surface area contributed by atoms with Crippen LogP contribution in [0.2, 0.25) is 0 Å². The minimum atomic E-state index is -1.64. The average Bonchev–Trinajstić information content (AvgIpc) is 1.21. The van der Waals surface area contributed by atoms with E-state index in [4.69, 9.17) is 9.47 Å². The van der Waals surface area contributed by atoms with Gasteiger partial charge in [0, 0.05) is 22.8 Å². The first-order chi connectivity index (χ1) is 39.2. The Labute approximate surface area is 483 Å². The summed E-state index contributed by atoms with van der Waals surface area (Å²) < 4.78 is 12.7. The second-order valence-electron chi connectivity index (χ2n) is 29.5. The monoisotopic (exact) mass is 1090 g/mol. The third-order valence-electron chi connectivity index (χ3n) is 25.9. The summed E-state index contributed by atoms with van der Waals surface area (Å²) in [5, 5.41) is 45.8. The number of fused-ring (bicyclic) bond motifs is 4. The zero-order valence-corrected chi connectivity index (χ0v) is 49.0. The van der Waals surface area contributed by atoms with Gasteiger partial charge in [0.1, 0.15) is 12.7 Å². The normalized spacial score (nSPS) is 40.6. The number of aryl methyl sites for hydroxylation is 1. The van der Waals surface area contributed by atoms with Crippen LogP contribution in [0.4, 0.5) is 0 Å². The van der Waals surface area contributed by atoms with Gasteiger partial charge in [0.15, 0.2) is 0 Å². The van der Waals surface area contributed by atoms with Gasteiger partial charge in [-0.05, 0) is 212 Å². The Kier molecular flexibility index (Phi) is 13.6. The molecule has 14 rings (SSSR count). The van der Waals surface area contributed by atoms with Crippen LogP contribution in [-0.4, -0.2) is 57.3 Å². The van der Waals surface area contributed by atoms with Crippen molar-refractivity contribution in [3.05, 3.63) is 143 Å². The Hall–Kier alpha value is -4.56. The Morgan fingerprint density at radius 1 is 0.741 bits per heavy atom. The molecule has 4 aromatic carbocycles. The summed E-state index contributed by atoms with van der Waals surface area (Å²) in [6.07, 6.45) is 27.0. The lowest BCUT2D eigenvalue weighted by molar-refractivity contribution is -0.363. The van der Waals surface area contributed by atoms with E-state index in [0.717, 1.165) is 89.0 Å². The number of aliphatic hydroxyl groups excluding tert-OH is 1. The molecule has 1 aliphatic heterocycles. The van der Waals surface area contributed by atoms with E-state index in [1.54, 1.807) is 28.2 Å². The van der Waals surface area contributed by atoms with Crippen molar-refractivity contribution < 1.29 is 34.4 Å². The molecule has 2 spiro atoms. The highest BCUT2D eigenvalue weighted by atomic mass is 16.5. The molecule has 0 unspecified atom stereocenters. The topological polar surface area (TPSA) is 113 Å². The lowest BCUT2D eigenvalue weighted by Gasteiger charge is -2.76. The van der Waals surface area contributed by atoms with E-state index in [1.165, 1.54) is 61.5 Å². The minimum Gasteiger partial charge on any atom is -0.462 e. The minimum absolute atomic E-state index is 0.115.